The highest BCUT2D eigenvalue weighted by atomic mass is 16.3. The number of anilines is 3. The van der Waals surface area contributed by atoms with Gasteiger partial charge in [-0.1, -0.05) is 176 Å². The Bertz CT molecular complexity index is 3660. The molecule has 0 fully saturated rings. The third kappa shape index (κ3) is 6.29. The lowest BCUT2D eigenvalue weighted by Crippen LogP contribution is -2.11. The normalized spacial score (nSPS) is 11.5. The molecule has 2 heterocycles. The summed E-state index contributed by atoms with van der Waals surface area (Å²) in [5.41, 5.74) is 19.3. The summed E-state index contributed by atoms with van der Waals surface area (Å²) in [5, 5.41) is 4.80. The smallest absolute Gasteiger partial charge is 0.143 e. The molecule has 0 atom stereocenters. The molecule has 0 radical (unpaired) electrons. The van der Waals surface area contributed by atoms with Crippen LogP contribution in [0, 0.1) is 6.92 Å². The zero-order chi connectivity index (χ0) is 42.6. The van der Waals surface area contributed by atoms with E-state index >= 15 is 0 Å². The van der Waals surface area contributed by atoms with Crippen molar-refractivity contribution in [1.82, 2.24) is 4.57 Å². The van der Waals surface area contributed by atoms with E-state index in [1.807, 2.05) is 12.1 Å². The van der Waals surface area contributed by atoms with Crippen LogP contribution in [0.1, 0.15) is 5.56 Å². The van der Waals surface area contributed by atoms with Crippen LogP contribution in [0.25, 0.3) is 93.9 Å². The molecule has 0 saturated carbocycles. The average Bonchev–Trinajstić information content (AvgIpc) is 3.92. The number of rotatable bonds is 8. The fourth-order valence-corrected chi connectivity index (χ4v) is 9.75. The van der Waals surface area contributed by atoms with Crippen molar-refractivity contribution in [3.05, 3.63) is 242 Å². The summed E-state index contributed by atoms with van der Waals surface area (Å²) >= 11 is 0. The van der Waals surface area contributed by atoms with Gasteiger partial charge in [0.2, 0.25) is 0 Å². The van der Waals surface area contributed by atoms with Gasteiger partial charge < -0.3 is 13.9 Å². The van der Waals surface area contributed by atoms with Crippen LogP contribution in [0.4, 0.5) is 17.1 Å². The Morgan fingerprint density at radius 3 is 1.73 bits per heavy atom. The van der Waals surface area contributed by atoms with Crippen molar-refractivity contribution in [2.45, 2.75) is 6.92 Å². The molecule has 64 heavy (non-hydrogen) atoms. The number of furan rings is 1. The molecule has 0 spiro atoms. The van der Waals surface area contributed by atoms with E-state index < -0.39 is 0 Å². The van der Waals surface area contributed by atoms with Crippen LogP contribution in [0.15, 0.2) is 241 Å². The summed E-state index contributed by atoms with van der Waals surface area (Å²) in [4.78, 5) is 2.35. The van der Waals surface area contributed by atoms with Gasteiger partial charge in [0, 0.05) is 49.7 Å². The van der Waals surface area contributed by atoms with E-state index in [1.165, 1.54) is 60.8 Å². The minimum absolute atomic E-state index is 0.908. The fraction of sp³-hybridized carbons (Fsp3) is 0.0164. The lowest BCUT2D eigenvalue weighted by molar-refractivity contribution is 0.670. The van der Waals surface area contributed by atoms with Crippen molar-refractivity contribution in [1.29, 1.82) is 0 Å². The SMILES string of the molecule is Cc1cc(-c2ccc(-c3ccccc3-n3c4ccccc4c4c(-c5ccccc5)cccc43)cc2)ccc1N(c1ccccc1)c1ccc(-c2cccc3c2oc2ccccc23)cc1. The summed E-state index contributed by atoms with van der Waals surface area (Å²) in [6, 6.07) is 85.0. The summed E-state index contributed by atoms with van der Waals surface area (Å²) in [6.45, 7) is 2.21. The Morgan fingerprint density at radius 1 is 0.375 bits per heavy atom. The van der Waals surface area contributed by atoms with Gasteiger partial charge in [-0.05, 0) is 107 Å². The monoisotopic (exact) mass is 818 g/mol. The first-order chi connectivity index (χ1) is 31.7. The van der Waals surface area contributed by atoms with E-state index in [-0.39, 0.29) is 0 Å². The van der Waals surface area contributed by atoms with Gasteiger partial charge >= 0.3 is 0 Å². The van der Waals surface area contributed by atoms with Crippen LogP contribution >= 0.6 is 0 Å². The van der Waals surface area contributed by atoms with Gasteiger partial charge in [-0.15, -0.1) is 0 Å². The molecule has 3 nitrogen and oxygen atoms in total. The number of hydrogen-bond donors (Lipinski definition) is 0. The molecule has 0 saturated heterocycles. The Hall–Kier alpha value is -8.40. The first-order valence-electron chi connectivity index (χ1n) is 21.9. The molecule has 0 N–H and O–H groups in total. The maximum absolute atomic E-state index is 6.40. The predicted octanol–water partition coefficient (Wildman–Crippen LogP) is 17.1. The van der Waals surface area contributed by atoms with Gasteiger partial charge in [0.1, 0.15) is 11.2 Å². The minimum atomic E-state index is 0.908. The van der Waals surface area contributed by atoms with E-state index in [0.717, 1.165) is 55.8 Å². The maximum Gasteiger partial charge on any atom is 0.143 e. The molecule has 2 aromatic heterocycles. The van der Waals surface area contributed by atoms with Crippen LogP contribution < -0.4 is 4.90 Å². The van der Waals surface area contributed by atoms with E-state index in [0.29, 0.717) is 0 Å². The van der Waals surface area contributed by atoms with Crippen LogP contribution in [-0.2, 0) is 0 Å². The lowest BCUT2D eigenvalue weighted by Gasteiger charge is -2.27. The second-order valence-corrected chi connectivity index (χ2v) is 16.5. The third-order valence-corrected chi connectivity index (χ3v) is 12.7. The average molecular weight is 819 g/mol. The Kier molecular flexibility index (Phi) is 9.05. The van der Waals surface area contributed by atoms with Gasteiger partial charge in [0.25, 0.3) is 0 Å². The molecule has 0 aliphatic heterocycles. The van der Waals surface area contributed by atoms with Crippen molar-refractivity contribution in [3.63, 3.8) is 0 Å². The highest BCUT2D eigenvalue weighted by Crippen LogP contribution is 2.43. The van der Waals surface area contributed by atoms with E-state index in [2.05, 4.69) is 241 Å². The molecular weight excluding hydrogens is 777 g/mol. The number of aromatic nitrogens is 1. The molecule has 10 aromatic carbocycles. The Morgan fingerprint density at radius 2 is 0.922 bits per heavy atom. The molecule has 0 aliphatic carbocycles. The topological polar surface area (TPSA) is 21.3 Å². The second-order valence-electron chi connectivity index (χ2n) is 16.5. The quantitative estimate of drug-likeness (QED) is 0.152. The lowest BCUT2D eigenvalue weighted by atomic mass is 9.97. The van der Waals surface area contributed by atoms with Gasteiger partial charge in [0.05, 0.1) is 16.7 Å². The minimum Gasteiger partial charge on any atom is -0.455 e. The van der Waals surface area contributed by atoms with E-state index in [9.17, 15) is 0 Å². The van der Waals surface area contributed by atoms with E-state index in [1.54, 1.807) is 0 Å². The zero-order valence-electron chi connectivity index (χ0n) is 35.3. The Labute approximate surface area is 372 Å². The van der Waals surface area contributed by atoms with Gasteiger partial charge in [-0.2, -0.15) is 0 Å². The van der Waals surface area contributed by atoms with Crippen molar-refractivity contribution < 1.29 is 4.42 Å². The van der Waals surface area contributed by atoms with Crippen molar-refractivity contribution in [3.8, 4) is 50.2 Å². The summed E-state index contributed by atoms with van der Waals surface area (Å²) in [5.74, 6) is 0. The first-order valence-corrected chi connectivity index (χ1v) is 21.9. The molecule has 0 unspecified atom stereocenters. The predicted molar refractivity (Wildman–Crippen MR) is 269 cm³/mol. The molecule has 0 bridgehead atoms. The standard InChI is InChI=1S/C61H42N2O/c1-41-40-46(36-39-55(41)62(47-18-6-3-7-19-47)48-37-34-45(35-38-48)51-24-14-25-53-52-21-10-13-29-59(52)64-61(51)53)42-30-32-44(33-31-42)49-20-8-11-26-56(49)63-57-27-12-9-22-54(57)60-50(23-15-28-58(60)63)43-16-4-2-5-17-43/h2-40H,1H3. The third-order valence-electron chi connectivity index (χ3n) is 12.7. The number of aryl methyl sites for hydroxylation is 1. The zero-order valence-corrected chi connectivity index (χ0v) is 35.3. The number of benzene rings is 10. The maximum atomic E-state index is 6.40. The van der Waals surface area contributed by atoms with Gasteiger partial charge in [0.15, 0.2) is 0 Å². The molecule has 0 aliphatic rings. The largest absolute Gasteiger partial charge is 0.455 e. The van der Waals surface area contributed by atoms with Crippen LogP contribution in [-0.4, -0.2) is 4.57 Å². The highest BCUT2D eigenvalue weighted by molar-refractivity contribution is 6.16. The van der Waals surface area contributed by atoms with Crippen molar-refractivity contribution >= 4 is 60.8 Å². The van der Waals surface area contributed by atoms with Crippen LogP contribution in [0.2, 0.25) is 0 Å². The molecule has 12 aromatic rings. The summed E-state index contributed by atoms with van der Waals surface area (Å²) in [7, 11) is 0. The molecule has 12 rings (SSSR count). The second kappa shape index (κ2) is 15.5. The molecule has 302 valence electrons. The number of para-hydroxylation sites is 5. The molecule has 3 heteroatoms. The molecule has 0 amide bonds. The highest BCUT2D eigenvalue weighted by Gasteiger charge is 2.20. The van der Waals surface area contributed by atoms with Crippen molar-refractivity contribution in [2.75, 3.05) is 4.90 Å². The summed E-state index contributed by atoms with van der Waals surface area (Å²) < 4.78 is 8.84. The number of hydrogen-bond acceptors (Lipinski definition) is 2. The fourth-order valence-electron chi connectivity index (χ4n) is 9.75. The van der Waals surface area contributed by atoms with Crippen LogP contribution in [0.3, 0.4) is 0 Å². The van der Waals surface area contributed by atoms with Crippen molar-refractivity contribution in [2.24, 2.45) is 0 Å². The number of nitrogens with zero attached hydrogens (tertiary/aromatic N) is 2. The Balaban J connectivity index is 0.883. The summed E-state index contributed by atoms with van der Waals surface area (Å²) in [6.07, 6.45) is 0. The van der Waals surface area contributed by atoms with E-state index in [4.69, 9.17) is 4.42 Å². The van der Waals surface area contributed by atoms with Gasteiger partial charge in [-0.3, -0.25) is 0 Å². The molecular formula is C61H42N2O. The number of fused-ring (bicyclic) bond motifs is 6. The van der Waals surface area contributed by atoms with Crippen LogP contribution in [0.5, 0.6) is 0 Å². The first kappa shape index (κ1) is 37.4. The van der Waals surface area contributed by atoms with Gasteiger partial charge in [-0.25, -0.2) is 0 Å².